The molecule has 0 rings (SSSR count). The van der Waals surface area contributed by atoms with Crippen molar-refractivity contribution in [3.8, 4) is 0 Å². The smallest absolute Gasteiger partial charge is 0.158 e. The monoisotopic (exact) mass is 126 g/mol. The van der Waals surface area contributed by atoms with E-state index in [1.807, 2.05) is 0 Å². The third kappa shape index (κ3) is 2.80. The van der Waals surface area contributed by atoms with E-state index >= 15 is 0 Å². The fourth-order valence-electron chi connectivity index (χ4n) is 0.474. The van der Waals surface area contributed by atoms with Crippen molar-refractivity contribution in [3.05, 3.63) is 11.6 Å². The summed E-state index contributed by atoms with van der Waals surface area (Å²) in [6, 6.07) is 0. The van der Waals surface area contributed by atoms with Gasteiger partial charge in [-0.05, 0) is 18.6 Å². The van der Waals surface area contributed by atoms with Gasteiger partial charge in [-0.15, -0.1) is 0 Å². The minimum Gasteiger partial charge on any atom is -0.299 e. The van der Waals surface area contributed by atoms with Gasteiger partial charge in [-0.3, -0.25) is 9.59 Å². The molecule has 0 aliphatic rings. The maximum atomic E-state index is 10.7. The summed E-state index contributed by atoms with van der Waals surface area (Å²) in [6.45, 7) is 3.41. The van der Waals surface area contributed by atoms with Crippen LogP contribution in [-0.4, -0.2) is 12.1 Å². The second-order valence-electron chi connectivity index (χ2n) is 1.76. The summed E-state index contributed by atoms with van der Waals surface area (Å²) in [4.78, 5) is 20.5. The highest BCUT2D eigenvalue weighted by molar-refractivity contribution is 5.97. The molecular formula is C7H10O2. The van der Waals surface area contributed by atoms with Crippen molar-refractivity contribution in [2.24, 2.45) is 0 Å². The van der Waals surface area contributed by atoms with E-state index in [0.717, 1.165) is 0 Å². The van der Waals surface area contributed by atoms with Crippen molar-refractivity contribution in [2.75, 3.05) is 0 Å². The van der Waals surface area contributed by atoms with E-state index in [2.05, 4.69) is 0 Å². The maximum Gasteiger partial charge on any atom is 0.158 e. The van der Waals surface area contributed by atoms with Crippen LogP contribution in [0.15, 0.2) is 11.6 Å². The van der Waals surface area contributed by atoms with Crippen LogP contribution >= 0.6 is 0 Å². The molecule has 0 radical (unpaired) electrons. The number of hydrogen-bond acceptors (Lipinski definition) is 2. The lowest BCUT2D eigenvalue weighted by atomic mass is 10.1. The molecule has 0 saturated heterocycles. The lowest BCUT2D eigenvalue weighted by Gasteiger charge is -1.90. The number of Topliss-reactive ketones (excluding diaryl/α,β-unsaturated/α-hetero) is 1. The van der Waals surface area contributed by atoms with E-state index in [1.165, 1.54) is 6.08 Å². The van der Waals surface area contributed by atoms with Crippen molar-refractivity contribution in [3.63, 3.8) is 0 Å². The van der Waals surface area contributed by atoms with Crippen LogP contribution in [0.2, 0.25) is 0 Å². The Kier molecular flexibility index (Phi) is 3.60. The Morgan fingerprint density at radius 1 is 1.56 bits per heavy atom. The van der Waals surface area contributed by atoms with E-state index in [9.17, 15) is 9.59 Å². The third-order valence-corrected chi connectivity index (χ3v) is 1.08. The van der Waals surface area contributed by atoms with Gasteiger partial charge in [-0.25, -0.2) is 0 Å². The first-order valence-electron chi connectivity index (χ1n) is 2.87. The number of ketones is 1. The zero-order valence-corrected chi connectivity index (χ0v) is 5.68. The molecule has 0 aromatic heterocycles. The Morgan fingerprint density at radius 3 is 2.44 bits per heavy atom. The van der Waals surface area contributed by atoms with Gasteiger partial charge in [0.25, 0.3) is 0 Å². The highest BCUT2D eigenvalue weighted by Gasteiger charge is 1.97. The molecule has 0 aromatic rings. The fraction of sp³-hybridized carbons (Fsp3) is 0.429. The highest BCUT2D eigenvalue weighted by atomic mass is 16.1. The number of allylic oxidation sites excluding steroid dienone is 2. The van der Waals surface area contributed by atoms with Crippen LogP contribution in [0, 0.1) is 0 Å². The lowest BCUT2D eigenvalue weighted by molar-refractivity contribution is -0.115. The second kappa shape index (κ2) is 4.01. The van der Waals surface area contributed by atoms with Gasteiger partial charge >= 0.3 is 0 Å². The Morgan fingerprint density at radius 2 is 2.11 bits per heavy atom. The first-order valence-corrected chi connectivity index (χ1v) is 2.87. The standard InChI is InChI=1S/C7H10O2/c1-3-7(9)6(2)4-5-8/h4-5H,3H2,1-2H3/b6-4+. The quantitative estimate of drug-likeness (QED) is 0.419. The first kappa shape index (κ1) is 8.08. The Hall–Kier alpha value is -0.920. The Bertz CT molecular complexity index is 145. The van der Waals surface area contributed by atoms with Crippen LogP contribution in [-0.2, 0) is 9.59 Å². The zero-order valence-electron chi connectivity index (χ0n) is 5.68. The van der Waals surface area contributed by atoms with E-state index in [0.29, 0.717) is 18.3 Å². The molecule has 2 heteroatoms. The first-order chi connectivity index (χ1) is 4.22. The minimum atomic E-state index is 0.0297. The summed E-state index contributed by atoms with van der Waals surface area (Å²) in [5.74, 6) is 0.0297. The minimum absolute atomic E-state index is 0.0297. The molecule has 0 N–H and O–H groups in total. The van der Waals surface area contributed by atoms with Gasteiger partial charge in [0.2, 0.25) is 0 Å². The molecule has 0 fully saturated rings. The fourth-order valence-corrected chi connectivity index (χ4v) is 0.474. The SMILES string of the molecule is CCC(=O)/C(C)=C/C=O. The topological polar surface area (TPSA) is 34.1 Å². The third-order valence-electron chi connectivity index (χ3n) is 1.08. The predicted molar refractivity (Wildman–Crippen MR) is 35.1 cm³/mol. The van der Waals surface area contributed by atoms with Crippen molar-refractivity contribution in [2.45, 2.75) is 20.3 Å². The molecule has 0 spiro atoms. The average Bonchev–Trinajstić information content (AvgIpc) is 1.87. The molecule has 0 aliphatic carbocycles. The summed E-state index contributed by atoms with van der Waals surface area (Å²) < 4.78 is 0. The van der Waals surface area contributed by atoms with Gasteiger partial charge in [-0.2, -0.15) is 0 Å². The largest absolute Gasteiger partial charge is 0.299 e. The van der Waals surface area contributed by atoms with Gasteiger partial charge in [-0.1, -0.05) is 6.92 Å². The van der Waals surface area contributed by atoms with E-state index < -0.39 is 0 Å². The number of hydrogen-bond donors (Lipinski definition) is 0. The Balaban J connectivity index is 4.01. The molecular weight excluding hydrogens is 116 g/mol. The van der Waals surface area contributed by atoms with Crippen molar-refractivity contribution in [1.29, 1.82) is 0 Å². The number of carbonyl (C=O) groups is 2. The summed E-state index contributed by atoms with van der Waals surface area (Å²) in [5.41, 5.74) is 0.535. The normalized spacial score (nSPS) is 11.1. The molecule has 9 heavy (non-hydrogen) atoms. The van der Waals surface area contributed by atoms with Crippen molar-refractivity contribution in [1.82, 2.24) is 0 Å². The van der Waals surface area contributed by atoms with Crippen LogP contribution in [0.4, 0.5) is 0 Å². The molecule has 0 amide bonds. The second-order valence-corrected chi connectivity index (χ2v) is 1.76. The van der Waals surface area contributed by atoms with E-state index in [4.69, 9.17) is 0 Å². The van der Waals surface area contributed by atoms with Gasteiger partial charge in [0.1, 0.15) is 6.29 Å². The molecule has 50 valence electrons. The maximum absolute atomic E-state index is 10.7. The van der Waals surface area contributed by atoms with Crippen molar-refractivity contribution >= 4 is 12.1 Å². The molecule has 0 aliphatic heterocycles. The summed E-state index contributed by atoms with van der Waals surface area (Å²) in [6.07, 6.45) is 2.38. The van der Waals surface area contributed by atoms with Gasteiger partial charge < -0.3 is 0 Å². The van der Waals surface area contributed by atoms with Gasteiger partial charge in [0.05, 0.1) is 0 Å². The zero-order chi connectivity index (χ0) is 7.28. The molecule has 2 nitrogen and oxygen atoms in total. The molecule has 0 atom stereocenters. The molecule has 0 unspecified atom stereocenters. The summed E-state index contributed by atoms with van der Waals surface area (Å²) in [7, 11) is 0. The van der Waals surface area contributed by atoms with E-state index in [1.54, 1.807) is 13.8 Å². The number of rotatable bonds is 3. The number of carbonyl (C=O) groups excluding carboxylic acids is 2. The molecule has 0 aromatic carbocycles. The van der Waals surface area contributed by atoms with Crippen LogP contribution in [0.5, 0.6) is 0 Å². The predicted octanol–water partition coefficient (Wildman–Crippen LogP) is 1.11. The van der Waals surface area contributed by atoms with Gasteiger partial charge in [0, 0.05) is 6.42 Å². The average molecular weight is 126 g/mol. The van der Waals surface area contributed by atoms with Crippen LogP contribution in [0.1, 0.15) is 20.3 Å². The molecule has 0 bridgehead atoms. The Labute approximate surface area is 54.6 Å². The highest BCUT2D eigenvalue weighted by Crippen LogP contribution is 1.95. The van der Waals surface area contributed by atoms with Gasteiger partial charge in [0.15, 0.2) is 5.78 Å². The van der Waals surface area contributed by atoms with Crippen LogP contribution in [0.25, 0.3) is 0 Å². The lowest BCUT2D eigenvalue weighted by Crippen LogP contribution is -1.95. The number of aldehydes is 1. The summed E-state index contributed by atoms with van der Waals surface area (Å²) in [5, 5.41) is 0. The van der Waals surface area contributed by atoms with Crippen LogP contribution in [0.3, 0.4) is 0 Å². The van der Waals surface area contributed by atoms with Crippen molar-refractivity contribution < 1.29 is 9.59 Å². The molecule has 0 saturated carbocycles. The summed E-state index contributed by atoms with van der Waals surface area (Å²) >= 11 is 0. The van der Waals surface area contributed by atoms with E-state index in [-0.39, 0.29) is 5.78 Å². The molecule has 0 heterocycles. The van der Waals surface area contributed by atoms with Crippen LogP contribution < -0.4 is 0 Å².